The molecule has 5 heteroatoms. The van der Waals surface area contributed by atoms with Gasteiger partial charge in [-0.1, -0.05) is 49.0 Å². The molecule has 0 heterocycles. The van der Waals surface area contributed by atoms with Crippen LogP contribution in [-0.2, 0) is 9.53 Å². The molecular formula is C19H22N2O3. The molecule has 2 amide bonds. The van der Waals surface area contributed by atoms with Crippen molar-refractivity contribution in [3.63, 3.8) is 0 Å². The maximum atomic E-state index is 12.0. The van der Waals surface area contributed by atoms with Gasteiger partial charge in [0, 0.05) is 5.57 Å². The zero-order valence-electron chi connectivity index (χ0n) is 14.0. The minimum atomic E-state index is -0.457. The number of hydrogen-bond donors (Lipinski definition) is 2. The first kappa shape index (κ1) is 17.5. The highest BCUT2D eigenvalue weighted by Crippen LogP contribution is 2.23. The molecule has 5 nitrogen and oxygen atoms in total. The summed E-state index contributed by atoms with van der Waals surface area (Å²) in [4.78, 5) is 23.2. The third kappa shape index (κ3) is 4.59. The smallest absolute Gasteiger partial charge is 0.333 e. The van der Waals surface area contributed by atoms with Crippen LogP contribution in [0.25, 0.3) is 10.8 Å². The van der Waals surface area contributed by atoms with Gasteiger partial charge in [0.05, 0.1) is 12.6 Å². The van der Waals surface area contributed by atoms with Crippen LogP contribution in [0.3, 0.4) is 0 Å². The van der Waals surface area contributed by atoms with E-state index in [4.69, 9.17) is 4.74 Å². The molecule has 0 spiro atoms. The topological polar surface area (TPSA) is 67.4 Å². The number of ether oxygens (including phenoxy) is 1. The monoisotopic (exact) mass is 326 g/mol. The van der Waals surface area contributed by atoms with Gasteiger partial charge in [-0.05, 0) is 30.2 Å². The standard InChI is InChI=1S/C19H22N2O3/c1-13(2)18(22)24-12-11-20-19(23)21-14(3)16-10-6-8-15-7-4-5-9-17(15)16/h4-10,14H,1,11-12H2,2-3H3,(H2,20,21,23)/t14-/m1/s1. The average Bonchev–Trinajstić information content (AvgIpc) is 2.57. The summed E-state index contributed by atoms with van der Waals surface area (Å²) < 4.78 is 4.92. The number of carbonyl (C=O) groups excluding carboxylic acids is 2. The second-order valence-electron chi connectivity index (χ2n) is 5.61. The summed E-state index contributed by atoms with van der Waals surface area (Å²) in [6.07, 6.45) is 0. The minimum absolute atomic E-state index is 0.113. The van der Waals surface area contributed by atoms with Gasteiger partial charge < -0.3 is 15.4 Å². The molecule has 2 aromatic carbocycles. The first-order valence-electron chi connectivity index (χ1n) is 7.83. The largest absolute Gasteiger partial charge is 0.460 e. The molecule has 0 unspecified atom stereocenters. The lowest BCUT2D eigenvalue weighted by molar-refractivity contribution is -0.138. The number of esters is 1. The summed E-state index contributed by atoms with van der Waals surface area (Å²) in [6.45, 7) is 7.36. The SMILES string of the molecule is C=C(C)C(=O)OCCNC(=O)N[C@H](C)c1cccc2ccccc12. The third-order valence-corrected chi connectivity index (χ3v) is 3.61. The predicted octanol–water partition coefficient (Wildman–Crippen LogP) is 3.32. The van der Waals surface area contributed by atoms with E-state index in [1.165, 1.54) is 0 Å². The van der Waals surface area contributed by atoms with Crippen molar-refractivity contribution in [3.8, 4) is 0 Å². The number of amides is 2. The van der Waals surface area contributed by atoms with Gasteiger partial charge in [0.25, 0.3) is 0 Å². The van der Waals surface area contributed by atoms with E-state index in [0.29, 0.717) is 5.57 Å². The Bertz CT molecular complexity index is 750. The van der Waals surface area contributed by atoms with Gasteiger partial charge in [-0.2, -0.15) is 0 Å². The van der Waals surface area contributed by atoms with Crippen molar-refractivity contribution in [3.05, 3.63) is 60.2 Å². The lowest BCUT2D eigenvalue weighted by atomic mass is 10.00. The van der Waals surface area contributed by atoms with E-state index < -0.39 is 5.97 Å². The maximum absolute atomic E-state index is 12.0. The van der Waals surface area contributed by atoms with Crippen molar-refractivity contribution in [1.82, 2.24) is 10.6 Å². The van der Waals surface area contributed by atoms with Crippen LogP contribution >= 0.6 is 0 Å². The van der Waals surface area contributed by atoms with E-state index in [-0.39, 0.29) is 25.2 Å². The number of urea groups is 1. The Labute approximate surface area is 141 Å². The van der Waals surface area contributed by atoms with Crippen LogP contribution in [-0.4, -0.2) is 25.2 Å². The Morgan fingerprint density at radius 1 is 1.17 bits per heavy atom. The average molecular weight is 326 g/mol. The zero-order chi connectivity index (χ0) is 17.5. The van der Waals surface area contributed by atoms with Crippen molar-refractivity contribution >= 4 is 22.8 Å². The van der Waals surface area contributed by atoms with Crippen LogP contribution in [0.4, 0.5) is 4.79 Å². The lowest BCUT2D eigenvalue weighted by Crippen LogP contribution is -2.38. The first-order chi connectivity index (χ1) is 11.5. The molecule has 0 aromatic heterocycles. The van der Waals surface area contributed by atoms with Crippen LogP contribution in [0.15, 0.2) is 54.6 Å². The fourth-order valence-electron chi connectivity index (χ4n) is 2.38. The molecule has 1 atom stereocenters. The fraction of sp³-hybridized carbons (Fsp3) is 0.263. The summed E-state index contributed by atoms with van der Waals surface area (Å²) in [5.74, 6) is -0.457. The maximum Gasteiger partial charge on any atom is 0.333 e. The van der Waals surface area contributed by atoms with Crippen LogP contribution < -0.4 is 10.6 Å². The van der Waals surface area contributed by atoms with Gasteiger partial charge >= 0.3 is 12.0 Å². The van der Waals surface area contributed by atoms with E-state index in [2.05, 4.69) is 17.2 Å². The van der Waals surface area contributed by atoms with Crippen molar-refractivity contribution in [1.29, 1.82) is 0 Å². The van der Waals surface area contributed by atoms with E-state index in [1.807, 2.05) is 49.4 Å². The van der Waals surface area contributed by atoms with Crippen LogP contribution in [0, 0.1) is 0 Å². The van der Waals surface area contributed by atoms with Gasteiger partial charge in [-0.3, -0.25) is 0 Å². The molecule has 0 saturated heterocycles. The van der Waals surface area contributed by atoms with E-state index >= 15 is 0 Å². The van der Waals surface area contributed by atoms with Gasteiger partial charge in [0.15, 0.2) is 0 Å². The summed E-state index contributed by atoms with van der Waals surface area (Å²) in [7, 11) is 0. The van der Waals surface area contributed by atoms with Gasteiger partial charge in [-0.25, -0.2) is 9.59 Å². The quantitative estimate of drug-likeness (QED) is 0.486. The third-order valence-electron chi connectivity index (χ3n) is 3.61. The molecule has 126 valence electrons. The predicted molar refractivity (Wildman–Crippen MR) is 94.7 cm³/mol. The second-order valence-corrected chi connectivity index (χ2v) is 5.61. The Balaban J connectivity index is 1.87. The van der Waals surface area contributed by atoms with Crippen molar-refractivity contribution in [2.45, 2.75) is 19.9 Å². The molecule has 0 fully saturated rings. The molecule has 0 radical (unpaired) electrons. The van der Waals surface area contributed by atoms with Gasteiger partial charge in [0.1, 0.15) is 6.61 Å². The fourth-order valence-corrected chi connectivity index (χ4v) is 2.38. The lowest BCUT2D eigenvalue weighted by Gasteiger charge is -2.17. The molecule has 0 saturated carbocycles. The molecule has 2 rings (SSSR count). The Hall–Kier alpha value is -2.82. The Kier molecular flexibility index (Phi) is 5.95. The molecule has 24 heavy (non-hydrogen) atoms. The highest BCUT2D eigenvalue weighted by atomic mass is 16.5. The number of fused-ring (bicyclic) bond motifs is 1. The number of benzene rings is 2. The zero-order valence-corrected chi connectivity index (χ0v) is 14.0. The van der Waals surface area contributed by atoms with Crippen molar-refractivity contribution in [2.24, 2.45) is 0 Å². The number of hydrogen-bond acceptors (Lipinski definition) is 3. The molecule has 0 aliphatic heterocycles. The van der Waals surface area contributed by atoms with Crippen LogP contribution in [0.2, 0.25) is 0 Å². The highest BCUT2D eigenvalue weighted by Gasteiger charge is 2.12. The highest BCUT2D eigenvalue weighted by molar-refractivity contribution is 5.87. The van der Waals surface area contributed by atoms with Crippen LogP contribution in [0.5, 0.6) is 0 Å². The summed E-state index contributed by atoms with van der Waals surface area (Å²) in [6, 6.07) is 13.6. The van der Waals surface area contributed by atoms with Crippen LogP contribution in [0.1, 0.15) is 25.5 Å². The molecule has 0 bridgehead atoms. The molecule has 2 N–H and O–H groups in total. The number of nitrogens with one attached hydrogen (secondary N) is 2. The summed E-state index contributed by atoms with van der Waals surface area (Å²) >= 11 is 0. The first-order valence-corrected chi connectivity index (χ1v) is 7.83. The van der Waals surface area contributed by atoms with Gasteiger partial charge in [-0.15, -0.1) is 0 Å². The summed E-state index contributed by atoms with van der Waals surface area (Å²) in [5, 5.41) is 7.81. The summed E-state index contributed by atoms with van der Waals surface area (Å²) in [5.41, 5.74) is 1.39. The molecule has 0 aliphatic carbocycles. The number of carbonyl (C=O) groups is 2. The minimum Gasteiger partial charge on any atom is -0.460 e. The molecular weight excluding hydrogens is 304 g/mol. The molecule has 2 aromatic rings. The van der Waals surface area contributed by atoms with Crippen molar-refractivity contribution in [2.75, 3.05) is 13.2 Å². The number of rotatable bonds is 6. The Morgan fingerprint density at radius 3 is 2.62 bits per heavy atom. The Morgan fingerprint density at radius 2 is 1.88 bits per heavy atom. The van der Waals surface area contributed by atoms with E-state index in [0.717, 1.165) is 16.3 Å². The normalized spacial score (nSPS) is 11.6. The van der Waals surface area contributed by atoms with E-state index in [1.54, 1.807) is 6.92 Å². The van der Waals surface area contributed by atoms with Gasteiger partial charge in [0.2, 0.25) is 0 Å². The second kappa shape index (κ2) is 8.15. The van der Waals surface area contributed by atoms with E-state index in [9.17, 15) is 9.59 Å². The van der Waals surface area contributed by atoms with Crippen molar-refractivity contribution < 1.29 is 14.3 Å². The molecule has 0 aliphatic rings.